The lowest BCUT2D eigenvalue weighted by Crippen LogP contribution is -2.29. The molecule has 1 saturated carbocycles. The van der Waals surface area contributed by atoms with Gasteiger partial charge in [-0.15, -0.1) is 11.3 Å². The molecule has 0 bridgehead atoms. The molecule has 2 aliphatic rings. The van der Waals surface area contributed by atoms with E-state index < -0.39 is 5.97 Å². The number of aryl methyl sites for hydroxylation is 2. The molecule has 0 aromatic carbocycles. The van der Waals surface area contributed by atoms with Crippen molar-refractivity contribution in [3.05, 3.63) is 20.8 Å². The minimum absolute atomic E-state index is 0.0548. The Kier molecular flexibility index (Phi) is 4.39. The average Bonchev–Trinajstić information content (AvgIpc) is 3.14. The number of fused-ring (bicyclic) bond motifs is 3. The van der Waals surface area contributed by atoms with Crippen LogP contribution >= 0.6 is 23.1 Å². The Labute approximate surface area is 148 Å². The zero-order chi connectivity index (χ0) is 16.7. The lowest BCUT2D eigenvalue weighted by atomic mass is 9.95. The minimum Gasteiger partial charge on any atom is -0.481 e. The largest absolute Gasteiger partial charge is 0.481 e. The minimum atomic E-state index is -0.877. The standard InChI is InChI=1S/C17H20N2O3S2/c20-13(21)9-23-17-18-15-14(11-7-4-8-12(11)24-15)16(22)19(17)10-5-2-1-3-6-10/h10H,1-9H2,(H,20,21). The molecule has 7 heteroatoms. The quantitative estimate of drug-likeness (QED) is 0.662. The molecule has 1 N–H and O–H groups in total. The van der Waals surface area contributed by atoms with E-state index in [2.05, 4.69) is 0 Å². The van der Waals surface area contributed by atoms with E-state index in [0.29, 0.717) is 5.16 Å². The zero-order valence-corrected chi connectivity index (χ0v) is 15.0. The van der Waals surface area contributed by atoms with Crippen LogP contribution < -0.4 is 5.56 Å². The first kappa shape index (κ1) is 16.1. The number of rotatable bonds is 4. The molecule has 0 spiro atoms. The van der Waals surface area contributed by atoms with Crippen molar-refractivity contribution in [1.82, 2.24) is 9.55 Å². The molecule has 0 amide bonds. The third-order valence-corrected chi connectivity index (χ3v) is 7.13. The van der Waals surface area contributed by atoms with Gasteiger partial charge in [-0.05, 0) is 37.7 Å². The number of carboxylic acids is 1. The third kappa shape index (κ3) is 2.77. The first-order valence-electron chi connectivity index (χ1n) is 8.56. The predicted molar refractivity (Wildman–Crippen MR) is 96.4 cm³/mol. The van der Waals surface area contributed by atoms with Crippen molar-refractivity contribution in [1.29, 1.82) is 0 Å². The third-order valence-electron chi connectivity index (χ3n) is 5.00. The van der Waals surface area contributed by atoms with Crippen molar-refractivity contribution in [2.24, 2.45) is 0 Å². The van der Waals surface area contributed by atoms with Gasteiger partial charge in [-0.25, -0.2) is 4.98 Å². The Bertz CT molecular complexity index is 850. The van der Waals surface area contributed by atoms with Gasteiger partial charge in [-0.1, -0.05) is 31.0 Å². The molecule has 0 radical (unpaired) electrons. The fourth-order valence-electron chi connectivity index (χ4n) is 3.93. The predicted octanol–water partition coefficient (Wildman–Crippen LogP) is 3.63. The second-order valence-electron chi connectivity index (χ2n) is 6.58. The Hall–Kier alpha value is -1.34. The fraction of sp³-hybridized carbons (Fsp3) is 0.588. The Balaban J connectivity index is 1.87. The van der Waals surface area contributed by atoms with E-state index in [4.69, 9.17) is 10.1 Å². The van der Waals surface area contributed by atoms with Crippen LogP contribution in [0.3, 0.4) is 0 Å². The molecule has 128 valence electrons. The van der Waals surface area contributed by atoms with Gasteiger partial charge < -0.3 is 5.11 Å². The molecule has 2 heterocycles. The second kappa shape index (κ2) is 6.52. The molecule has 4 rings (SSSR count). The molecule has 1 fully saturated rings. The molecular formula is C17H20N2O3S2. The van der Waals surface area contributed by atoms with Crippen molar-refractivity contribution < 1.29 is 9.90 Å². The number of aliphatic carboxylic acids is 1. The second-order valence-corrected chi connectivity index (χ2v) is 8.61. The van der Waals surface area contributed by atoms with E-state index in [1.165, 1.54) is 28.6 Å². The number of thiophene rings is 1. The Morgan fingerprint density at radius 3 is 2.79 bits per heavy atom. The monoisotopic (exact) mass is 364 g/mol. The molecule has 0 unspecified atom stereocenters. The fourth-order valence-corrected chi connectivity index (χ4v) is 6.02. The zero-order valence-electron chi connectivity index (χ0n) is 13.4. The molecule has 2 aliphatic carbocycles. The van der Waals surface area contributed by atoms with E-state index in [9.17, 15) is 9.59 Å². The highest BCUT2D eigenvalue weighted by atomic mass is 32.2. The van der Waals surface area contributed by atoms with Crippen LogP contribution in [0.25, 0.3) is 10.2 Å². The van der Waals surface area contributed by atoms with Crippen LogP contribution in [0.2, 0.25) is 0 Å². The maximum Gasteiger partial charge on any atom is 0.313 e. The van der Waals surface area contributed by atoms with Crippen molar-refractivity contribution in [3.63, 3.8) is 0 Å². The first-order valence-corrected chi connectivity index (χ1v) is 10.4. The summed E-state index contributed by atoms with van der Waals surface area (Å²) in [5, 5.41) is 10.4. The lowest BCUT2D eigenvalue weighted by Gasteiger charge is -2.25. The van der Waals surface area contributed by atoms with Crippen LogP contribution in [0.5, 0.6) is 0 Å². The summed E-state index contributed by atoms with van der Waals surface area (Å²) in [5.41, 5.74) is 1.26. The summed E-state index contributed by atoms with van der Waals surface area (Å²) in [7, 11) is 0. The molecule has 5 nitrogen and oxygen atoms in total. The number of carboxylic acid groups (broad SMARTS) is 1. The normalized spacial score (nSPS) is 18.2. The maximum atomic E-state index is 13.3. The molecule has 2 aromatic rings. The number of hydrogen-bond donors (Lipinski definition) is 1. The van der Waals surface area contributed by atoms with Gasteiger partial charge in [0.15, 0.2) is 5.16 Å². The van der Waals surface area contributed by atoms with E-state index in [1.54, 1.807) is 11.3 Å². The van der Waals surface area contributed by atoms with Crippen molar-refractivity contribution in [2.75, 3.05) is 5.75 Å². The highest BCUT2D eigenvalue weighted by molar-refractivity contribution is 7.99. The molecule has 0 aliphatic heterocycles. The summed E-state index contributed by atoms with van der Waals surface area (Å²) in [4.78, 5) is 31.1. The maximum absolute atomic E-state index is 13.3. The van der Waals surface area contributed by atoms with Crippen LogP contribution in [0, 0.1) is 0 Å². The highest BCUT2D eigenvalue weighted by Gasteiger charge is 2.27. The molecule has 24 heavy (non-hydrogen) atoms. The number of thioether (sulfide) groups is 1. The number of carbonyl (C=O) groups is 1. The van der Waals surface area contributed by atoms with Gasteiger partial charge in [0.25, 0.3) is 5.56 Å². The van der Waals surface area contributed by atoms with Crippen LogP contribution in [-0.2, 0) is 17.6 Å². The topological polar surface area (TPSA) is 72.2 Å². The summed E-state index contributed by atoms with van der Waals surface area (Å²) in [6.07, 6.45) is 8.57. The first-order chi connectivity index (χ1) is 11.6. The molecule has 2 aromatic heterocycles. The summed E-state index contributed by atoms with van der Waals surface area (Å²) in [6, 6.07) is 0.163. The lowest BCUT2D eigenvalue weighted by molar-refractivity contribution is -0.133. The van der Waals surface area contributed by atoms with Crippen LogP contribution in [-0.4, -0.2) is 26.4 Å². The Morgan fingerprint density at radius 2 is 2.04 bits per heavy atom. The van der Waals surface area contributed by atoms with Gasteiger partial charge in [0, 0.05) is 10.9 Å². The average molecular weight is 364 g/mol. The smallest absolute Gasteiger partial charge is 0.313 e. The van der Waals surface area contributed by atoms with Gasteiger partial charge in [0.05, 0.1) is 11.1 Å². The van der Waals surface area contributed by atoms with Gasteiger partial charge in [-0.2, -0.15) is 0 Å². The van der Waals surface area contributed by atoms with E-state index in [-0.39, 0.29) is 17.4 Å². The number of nitrogens with zero attached hydrogens (tertiary/aromatic N) is 2. The summed E-state index contributed by atoms with van der Waals surface area (Å²) >= 11 is 2.80. The van der Waals surface area contributed by atoms with E-state index in [0.717, 1.165) is 55.2 Å². The van der Waals surface area contributed by atoms with Gasteiger partial charge in [0.1, 0.15) is 4.83 Å². The van der Waals surface area contributed by atoms with Gasteiger partial charge in [0.2, 0.25) is 0 Å². The van der Waals surface area contributed by atoms with Crippen LogP contribution in [0.15, 0.2) is 9.95 Å². The highest BCUT2D eigenvalue weighted by Crippen LogP contribution is 2.37. The number of hydrogen-bond acceptors (Lipinski definition) is 5. The summed E-state index contributed by atoms with van der Waals surface area (Å²) < 4.78 is 1.82. The number of aromatic nitrogens is 2. The van der Waals surface area contributed by atoms with Crippen molar-refractivity contribution in [3.8, 4) is 0 Å². The molecule has 0 saturated heterocycles. The summed E-state index contributed by atoms with van der Waals surface area (Å²) in [5.74, 6) is -0.936. The summed E-state index contributed by atoms with van der Waals surface area (Å²) in [6.45, 7) is 0. The van der Waals surface area contributed by atoms with Crippen LogP contribution in [0.1, 0.15) is 55.0 Å². The van der Waals surface area contributed by atoms with Crippen molar-refractivity contribution in [2.45, 2.75) is 62.6 Å². The van der Waals surface area contributed by atoms with Crippen LogP contribution in [0.4, 0.5) is 0 Å². The SMILES string of the molecule is O=C(O)CSc1nc2sc3c(c2c(=O)n1C1CCCCC1)CCC3. The molecular weight excluding hydrogens is 344 g/mol. The van der Waals surface area contributed by atoms with Gasteiger partial charge >= 0.3 is 5.97 Å². The van der Waals surface area contributed by atoms with E-state index >= 15 is 0 Å². The van der Waals surface area contributed by atoms with E-state index in [1.807, 2.05) is 4.57 Å². The van der Waals surface area contributed by atoms with Crippen molar-refractivity contribution >= 4 is 39.3 Å². The Morgan fingerprint density at radius 1 is 1.25 bits per heavy atom. The van der Waals surface area contributed by atoms with Gasteiger partial charge in [-0.3, -0.25) is 14.2 Å². The molecule has 0 atom stereocenters.